The molecule has 6 heteroatoms. The molecule has 0 aliphatic heterocycles. The number of ketones is 1. The largest absolute Gasteiger partial charge is 0.330 e. The molecule has 1 heterocycles. The zero-order chi connectivity index (χ0) is 12.4. The van der Waals surface area contributed by atoms with Crippen molar-refractivity contribution in [1.82, 2.24) is 9.55 Å². The molecule has 0 aliphatic rings. The van der Waals surface area contributed by atoms with Gasteiger partial charge in [0.2, 0.25) is 0 Å². The Bertz CT molecular complexity index is 555. The number of aromatic nitrogens is 2. The number of carbonyl (C=O) groups excluding carboxylic acids is 1. The fourth-order valence-electron chi connectivity index (χ4n) is 1.37. The molecule has 0 saturated heterocycles. The first-order chi connectivity index (χ1) is 8.08. The number of rotatable bonds is 3. The summed E-state index contributed by atoms with van der Waals surface area (Å²) >= 11 is 11.4. The smallest absolute Gasteiger partial charge is 0.184 e. The first kappa shape index (κ1) is 12.1. The van der Waals surface area contributed by atoms with Crippen molar-refractivity contribution in [2.24, 2.45) is 0 Å². The molecule has 2 rings (SSSR count). The minimum atomic E-state index is -0.662. The Morgan fingerprint density at radius 3 is 2.76 bits per heavy atom. The lowest BCUT2D eigenvalue weighted by atomic mass is 10.1. The highest BCUT2D eigenvalue weighted by molar-refractivity contribution is 6.36. The molecule has 0 spiro atoms. The van der Waals surface area contributed by atoms with E-state index in [1.54, 1.807) is 17.0 Å². The maximum atomic E-state index is 13.2. The monoisotopic (exact) mass is 272 g/mol. The molecule has 0 radical (unpaired) electrons. The molecule has 0 amide bonds. The SMILES string of the molecule is O=C(Cn1ccnc1)c1cc(F)c(Cl)cc1Cl. The van der Waals surface area contributed by atoms with Crippen molar-refractivity contribution in [3.05, 3.63) is 52.3 Å². The van der Waals surface area contributed by atoms with Crippen LogP contribution in [-0.2, 0) is 6.54 Å². The van der Waals surface area contributed by atoms with Gasteiger partial charge in [0.1, 0.15) is 5.82 Å². The minimum Gasteiger partial charge on any atom is -0.330 e. The lowest BCUT2D eigenvalue weighted by Crippen LogP contribution is -2.10. The molecule has 3 nitrogen and oxygen atoms in total. The van der Waals surface area contributed by atoms with Crippen LogP contribution in [0, 0.1) is 5.82 Å². The topological polar surface area (TPSA) is 34.9 Å². The van der Waals surface area contributed by atoms with Crippen LogP contribution in [0.5, 0.6) is 0 Å². The summed E-state index contributed by atoms with van der Waals surface area (Å²) in [7, 11) is 0. The summed E-state index contributed by atoms with van der Waals surface area (Å²) in [5.41, 5.74) is 0.113. The van der Waals surface area contributed by atoms with Gasteiger partial charge in [0.05, 0.1) is 22.9 Å². The Balaban J connectivity index is 2.28. The van der Waals surface area contributed by atoms with Gasteiger partial charge < -0.3 is 4.57 Å². The van der Waals surface area contributed by atoms with Gasteiger partial charge >= 0.3 is 0 Å². The molecular weight excluding hydrogens is 266 g/mol. The normalized spacial score (nSPS) is 10.5. The molecule has 0 bridgehead atoms. The van der Waals surface area contributed by atoms with Crippen LogP contribution in [0.25, 0.3) is 0 Å². The van der Waals surface area contributed by atoms with Gasteiger partial charge in [0, 0.05) is 18.0 Å². The zero-order valence-electron chi connectivity index (χ0n) is 8.53. The standard InChI is InChI=1S/C11H7Cl2FN2O/c12-8-4-9(13)10(14)3-7(8)11(17)5-16-2-1-15-6-16/h1-4,6H,5H2. The summed E-state index contributed by atoms with van der Waals surface area (Å²) in [5.74, 6) is -0.964. The van der Waals surface area contributed by atoms with E-state index in [9.17, 15) is 9.18 Å². The van der Waals surface area contributed by atoms with Crippen molar-refractivity contribution in [2.45, 2.75) is 6.54 Å². The number of Topliss-reactive ketones (excluding diaryl/α,β-unsaturated/α-hetero) is 1. The van der Waals surface area contributed by atoms with E-state index >= 15 is 0 Å². The third-order valence-corrected chi connectivity index (χ3v) is 2.80. The number of hydrogen-bond donors (Lipinski definition) is 0. The summed E-state index contributed by atoms with van der Waals surface area (Å²) in [6.45, 7) is 0.0563. The molecule has 0 aliphatic carbocycles. The van der Waals surface area contributed by atoms with Crippen LogP contribution >= 0.6 is 23.2 Å². The predicted molar refractivity (Wildman–Crippen MR) is 63.0 cm³/mol. The molecule has 0 N–H and O–H groups in total. The van der Waals surface area contributed by atoms with Gasteiger partial charge in [-0.1, -0.05) is 23.2 Å². The number of carbonyl (C=O) groups is 1. The van der Waals surface area contributed by atoms with Gasteiger partial charge in [-0.15, -0.1) is 0 Å². The van der Waals surface area contributed by atoms with Gasteiger partial charge in [0.25, 0.3) is 0 Å². The van der Waals surface area contributed by atoms with E-state index in [1.807, 2.05) is 0 Å². The fraction of sp³-hybridized carbons (Fsp3) is 0.0909. The van der Waals surface area contributed by atoms with Crippen molar-refractivity contribution < 1.29 is 9.18 Å². The Kier molecular flexibility index (Phi) is 3.45. The molecular formula is C11H7Cl2FN2O. The fourth-order valence-corrected chi connectivity index (χ4v) is 1.86. The third-order valence-electron chi connectivity index (χ3n) is 2.20. The first-order valence-corrected chi connectivity index (χ1v) is 5.47. The molecule has 1 aromatic heterocycles. The van der Waals surface area contributed by atoms with Crippen LogP contribution in [0.2, 0.25) is 10.0 Å². The molecule has 0 unspecified atom stereocenters. The van der Waals surface area contributed by atoms with Crippen LogP contribution < -0.4 is 0 Å². The van der Waals surface area contributed by atoms with E-state index in [2.05, 4.69) is 4.98 Å². The molecule has 17 heavy (non-hydrogen) atoms. The van der Waals surface area contributed by atoms with Gasteiger partial charge in [-0.05, 0) is 12.1 Å². The van der Waals surface area contributed by atoms with E-state index in [0.29, 0.717) is 0 Å². The molecule has 0 fully saturated rings. The van der Waals surface area contributed by atoms with Crippen LogP contribution in [0.3, 0.4) is 0 Å². The van der Waals surface area contributed by atoms with Crippen molar-refractivity contribution in [3.8, 4) is 0 Å². The number of nitrogens with zero attached hydrogens (tertiary/aromatic N) is 2. The highest BCUT2D eigenvalue weighted by Gasteiger charge is 2.14. The second-order valence-electron chi connectivity index (χ2n) is 3.40. The Labute approximate surface area is 107 Å². The van der Waals surface area contributed by atoms with Crippen molar-refractivity contribution in [2.75, 3.05) is 0 Å². The maximum absolute atomic E-state index is 13.2. The predicted octanol–water partition coefficient (Wildman–Crippen LogP) is 3.21. The van der Waals surface area contributed by atoms with Crippen LogP contribution in [0.1, 0.15) is 10.4 Å². The second kappa shape index (κ2) is 4.85. The third kappa shape index (κ3) is 2.65. The number of hydrogen-bond acceptors (Lipinski definition) is 2. The van der Waals surface area contributed by atoms with E-state index in [4.69, 9.17) is 23.2 Å². The second-order valence-corrected chi connectivity index (χ2v) is 4.22. The highest BCUT2D eigenvalue weighted by atomic mass is 35.5. The highest BCUT2D eigenvalue weighted by Crippen LogP contribution is 2.24. The Hall–Kier alpha value is -1.39. The number of benzene rings is 1. The summed E-state index contributed by atoms with van der Waals surface area (Å²) in [6, 6.07) is 2.27. The quantitative estimate of drug-likeness (QED) is 0.635. The molecule has 0 saturated carbocycles. The first-order valence-electron chi connectivity index (χ1n) is 4.71. The lowest BCUT2D eigenvalue weighted by molar-refractivity contribution is 0.0972. The van der Waals surface area contributed by atoms with Gasteiger partial charge in [-0.3, -0.25) is 4.79 Å². The molecule has 0 atom stereocenters. The summed E-state index contributed by atoms with van der Waals surface area (Å²) in [6.07, 6.45) is 4.69. The van der Waals surface area contributed by atoms with Crippen LogP contribution in [-0.4, -0.2) is 15.3 Å². The van der Waals surface area contributed by atoms with E-state index in [1.165, 1.54) is 12.4 Å². The van der Waals surface area contributed by atoms with Gasteiger partial charge in [0.15, 0.2) is 5.78 Å². The Morgan fingerprint density at radius 2 is 2.12 bits per heavy atom. The molecule has 88 valence electrons. The van der Waals surface area contributed by atoms with E-state index in [-0.39, 0.29) is 27.9 Å². The summed E-state index contributed by atoms with van der Waals surface area (Å²) < 4.78 is 14.8. The van der Waals surface area contributed by atoms with Crippen molar-refractivity contribution >= 4 is 29.0 Å². The zero-order valence-corrected chi connectivity index (χ0v) is 10.0. The van der Waals surface area contributed by atoms with E-state index in [0.717, 1.165) is 6.07 Å². The van der Waals surface area contributed by atoms with Crippen LogP contribution in [0.15, 0.2) is 30.9 Å². The van der Waals surface area contributed by atoms with Crippen LogP contribution in [0.4, 0.5) is 4.39 Å². The average molecular weight is 273 g/mol. The lowest BCUT2D eigenvalue weighted by Gasteiger charge is -2.05. The average Bonchev–Trinajstić information content (AvgIpc) is 2.76. The van der Waals surface area contributed by atoms with Gasteiger partial charge in [-0.25, -0.2) is 9.37 Å². The Morgan fingerprint density at radius 1 is 1.35 bits per heavy atom. The van der Waals surface area contributed by atoms with Gasteiger partial charge in [-0.2, -0.15) is 0 Å². The number of halogens is 3. The summed E-state index contributed by atoms with van der Waals surface area (Å²) in [4.78, 5) is 15.7. The molecule has 2 aromatic rings. The van der Waals surface area contributed by atoms with Crippen molar-refractivity contribution in [1.29, 1.82) is 0 Å². The molecule has 1 aromatic carbocycles. The summed E-state index contributed by atoms with van der Waals surface area (Å²) in [5, 5.41) is 0.0377. The minimum absolute atomic E-state index is 0.0563. The van der Waals surface area contributed by atoms with E-state index < -0.39 is 5.82 Å². The van der Waals surface area contributed by atoms with Crippen molar-refractivity contribution in [3.63, 3.8) is 0 Å². The number of imidazole rings is 1. The maximum Gasteiger partial charge on any atom is 0.184 e.